The third-order valence-electron chi connectivity index (χ3n) is 7.30. The Kier molecular flexibility index (Phi) is 8.54. The second-order valence-electron chi connectivity index (χ2n) is 9.71. The first-order chi connectivity index (χ1) is 18.3. The highest BCUT2D eigenvalue weighted by Crippen LogP contribution is 2.37. The van der Waals surface area contributed by atoms with Gasteiger partial charge in [-0.2, -0.15) is 26.3 Å². The van der Waals surface area contributed by atoms with Gasteiger partial charge in [-0.1, -0.05) is 12.1 Å². The second kappa shape index (κ2) is 11.5. The molecule has 1 aromatic rings. The van der Waals surface area contributed by atoms with E-state index >= 15 is 0 Å². The van der Waals surface area contributed by atoms with Crippen LogP contribution in [-0.4, -0.2) is 84.8 Å². The molecule has 0 aromatic heterocycles. The van der Waals surface area contributed by atoms with Crippen LogP contribution in [0.15, 0.2) is 47.7 Å². The van der Waals surface area contributed by atoms with Gasteiger partial charge in [0.2, 0.25) is 5.91 Å². The number of hydrogen-bond donors (Lipinski definition) is 0. The number of piperazine rings is 1. The van der Waals surface area contributed by atoms with Crippen LogP contribution in [0, 0.1) is 10.1 Å². The summed E-state index contributed by atoms with van der Waals surface area (Å²) in [4.78, 5) is 27.9. The topological polar surface area (TPSA) is 79.2 Å². The van der Waals surface area contributed by atoms with E-state index in [1.807, 2.05) is 4.90 Å². The number of rotatable bonds is 6. The standard InChI is InChI=1S/C25H28F6N4O4/c26-24(27,28)17-2-1-3-18(14-17)33-10-12-34(13-11-33)23(36)16-39-20-6-8-32(9-7-20)19-4-5-22(35(37)38)21(15-19)25(29,30)31/h1-5,14,19-20H,6-13,15-16H2. The lowest BCUT2D eigenvalue weighted by Crippen LogP contribution is -2.50. The number of amides is 1. The smallest absolute Gasteiger partial charge is 0.368 e. The maximum atomic E-state index is 13.3. The van der Waals surface area contributed by atoms with Crippen LogP contribution in [0.1, 0.15) is 24.8 Å². The molecule has 0 spiro atoms. The molecule has 1 unspecified atom stereocenters. The number of nitro groups is 1. The van der Waals surface area contributed by atoms with Gasteiger partial charge in [-0.25, -0.2) is 0 Å². The zero-order chi connectivity index (χ0) is 28.4. The number of anilines is 1. The quantitative estimate of drug-likeness (QED) is 0.293. The van der Waals surface area contributed by atoms with Crippen molar-refractivity contribution < 1.29 is 40.8 Å². The number of hydrogen-bond acceptors (Lipinski definition) is 6. The van der Waals surface area contributed by atoms with E-state index in [0.29, 0.717) is 57.8 Å². The molecular formula is C25H28F6N4O4. The molecule has 1 amide bonds. The van der Waals surface area contributed by atoms with Crippen LogP contribution in [0.2, 0.25) is 0 Å². The largest absolute Gasteiger partial charge is 0.419 e. The molecule has 2 fully saturated rings. The Morgan fingerprint density at radius 3 is 2.26 bits per heavy atom. The van der Waals surface area contributed by atoms with Crippen molar-refractivity contribution >= 4 is 11.6 Å². The second-order valence-corrected chi connectivity index (χ2v) is 9.71. The molecule has 2 saturated heterocycles. The Balaban J connectivity index is 1.21. The van der Waals surface area contributed by atoms with Gasteiger partial charge < -0.3 is 14.5 Å². The fraction of sp³-hybridized carbons (Fsp3) is 0.560. The van der Waals surface area contributed by atoms with Crippen molar-refractivity contribution in [1.29, 1.82) is 0 Å². The molecule has 0 bridgehead atoms. The normalized spacial score (nSPS) is 21.9. The summed E-state index contributed by atoms with van der Waals surface area (Å²) >= 11 is 0. The minimum Gasteiger partial charge on any atom is -0.368 e. The lowest BCUT2D eigenvalue weighted by Gasteiger charge is -2.38. The maximum absolute atomic E-state index is 13.3. The fourth-order valence-electron chi connectivity index (χ4n) is 5.11. The molecule has 1 aromatic carbocycles. The van der Waals surface area contributed by atoms with Crippen LogP contribution in [0.3, 0.4) is 0 Å². The Labute approximate surface area is 220 Å². The average molecular weight is 563 g/mol. The van der Waals surface area contributed by atoms with Gasteiger partial charge in [0.05, 0.1) is 16.6 Å². The molecule has 1 aliphatic carbocycles. The van der Waals surface area contributed by atoms with E-state index in [9.17, 15) is 41.3 Å². The third kappa shape index (κ3) is 7.10. The van der Waals surface area contributed by atoms with Crippen LogP contribution >= 0.6 is 0 Å². The van der Waals surface area contributed by atoms with Crippen LogP contribution in [-0.2, 0) is 15.7 Å². The monoisotopic (exact) mass is 562 g/mol. The number of piperidine rings is 1. The number of ether oxygens (including phenoxy) is 1. The predicted molar refractivity (Wildman–Crippen MR) is 128 cm³/mol. The predicted octanol–water partition coefficient (Wildman–Crippen LogP) is 4.26. The van der Waals surface area contributed by atoms with Crippen LogP contribution in [0.4, 0.5) is 32.0 Å². The first-order valence-electron chi connectivity index (χ1n) is 12.5. The summed E-state index contributed by atoms with van der Waals surface area (Å²) in [6.45, 7) is 2.12. The highest BCUT2D eigenvalue weighted by Gasteiger charge is 2.44. The van der Waals surface area contributed by atoms with Gasteiger partial charge in [0.25, 0.3) is 5.70 Å². The van der Waals surface area contributed by atoms with E-state index in [-0.39, 0.29) is 18.6 Å². The van der Waals surface area contributed by atoms with E-state index in [0.717, 1.165) is 18.2 Å². The maximum Gasteiger partial charge on any atom is 0.419 e. The van der Waals surface area contributed by atoms with E-state index in [2.05, 4.69) is 0 Å². The molecule has 8 nitrogen and oxygen atoms in total. The molecule has 0 radical (unpaired) electrons. The van der Waals surface area contributed by atoms with Crippen molar-refractivity contribution in [3.05, 3.63) is 63.4 Å². The van der Waals surface area contributed by atoms with Crippen molar-refractivity contribution in [3.63, 3.8) is 0 Å². The van der Waals surface area contributed by atoms with E-state index in [4.69, 9.17) is 4.74 Å². The van der Waals surface area contributed by atoms with Gasteiger partial charge in [-0.15, -0.1) is 0 Å². The number of nitrogens with zero attached hydrogens (tertiary/aromatic N) is 4. The molecule has 0 N–H and O–H groups in total. The Hall–Kier alpha value is -3.13. The van der Waals surface area contributed by atoms with Crippen molar-refractivity contribution in [2.75, 3.05) is 50.8 Å². The van der Waals surface area contributed by atoms with Crippen LogP contribution < -0.4 is 4.90 Å². The molecule has 3 aliphatic rings. The summed E-state index contributed by atoms with van der Waals surface area (Å²) < 4.78 is 84.8. The third-order valence-corrected chi connectivity index (χ3v) is 7.30. The fourth-order valence-corrected chi connectivity index (χ4v) is 5.11. The summed E-state index contributed by atoms with van der Waals surface area (Å²) in [6, 6.07) is 4.46. The lowest BCUT2D eigenvalue weighted by atomic mass is 9.94. The van der Waals surface area contributed by atoms with E-state index in [1.54, 1.807) is 15.9 Å². The Morgan fingerprint density at radius 1 is 1.00 bits per heavy atom. The van der Waals surface area contributed by atoms with Gasteiger partial charge in [0, 0.05) is 63.5 Å². The van der Waals surface area contributed by atoms with Gasteiger partial charge >= 0.3 is 12.4 Å². The molecule has 214 valence electrons. The summed E-state index contributed by atoms with van der Waals surface area (Å²) in [7, 11) is 0. The molecule has 0 saturated carbocycles. The summed E-state index contributed by atoms with van der Waals surface area (Å²) in [6.07, 6.45) is -6.63. The molecular weight excluding hydrogens is 534 g/mol. The van der Waals surface area contributed by atoms with Gasteiger partial charge in [0.1, 0.15) is 12.2 Å². The Morgan fingerprint density at radius 2 is 1.67 bits per heavy atom. The molecule has 2 aliphatic heterocycles. The molecule has 14 heteroatoms. The van der Waals surface area contributed by atoms with Gasteiger partial charge in [-0.3, -0.25) is 19.8 Å². The zero-order valence-corrected chi connectivity index (χ0v) is 20.9. The molecule has 4 rings (SSSR count). The molecule has 1 atom stereocenters. The summed E-state index contributed by atoms with van der Waals surface area (Å²) in [5, 5.41) is 11.0. The van der Waals surface area contributed by atoms with Gasteiger partial charge in [-0.05, 0) is 31.0 Å². The number of halogens is 6. The number of alkyl halides is 6. The number of benzene rings is 1. The van der Waals surface area contributed by atoms with Gasteiger partial charge in [0.15, 0.2) is 0 Å². The zero-order valence-electron chi connectivity index (χ0n) is 20.9. The van der Waals surface area contributed by atoms with E-state index in [1.165, 1.54) is 12.1 Å². The van der Waals surface area contributed by atoms with Crippen molar-refractivity contribution in [2.45, 2.75) is 43.8 Å². The SMILES string of the molecule is O=C(COC1CCN(C2C=CC([N+](=O)[O-])=C(C(F)(F)F)C2)CC1)N1CCN(c2cccc(C(F)(F)F)c2)CC1. The minimum atomic E-state index is -4.79. The van der Waals surface area contributed by atoms with Crippen molar-refractivity contribution in [2.24, 2.45) is 0 Å². The summed E-state index contributed by atoms with van der Waals surface area (Å²) in [5.41, 5.74) is -2.35. The lowest BCUT2D eigenvalue weighted by molar-refractivity contribution is -0.422. The first kappa shape index (κ1) is 28.9. The Bertz CT molecular complexity index is 1120. The summed E-state index contributed by atoms with van der Waals surface area (Å²) in [5.74, 6) is -0.233. The molecule has 39 heavy (non-hydrogen) atoms. The number of carbonyl (C=O) groups excluding carboxylic acids is 1. The van der Waals surface area contributed by atoms with Crippen molar-refractivity contribution in [3.8, 4) is 0 Å². The number of carbonyl (C=O) groups is 1. The number of likely N-dealkylation sites (tertiary alicyclic amines) is 1. The van der Waals surface area contributed by atoms with E-state index < -0.39 is 46.6 Å². The van der Waals surface area contributed by atoms with Crippen LogP contribution in [0.25, 0.3) is 0 Å². The van der Waals surface area contributed by atoms with Crippen LogP contribution in [0.5, 0.6) is 0 Å². The highest BCUT2D eigenvalue weighted by molar-refractivity contribution is 5.77. The first-order valence-corrected chi connectivity index (χ1v) is 12.5. The number of allylic oxidation sites excluding steroid dienone is 1. The molecule has 2 heterocycles. The van der Waals surface area contributed by atoms with Crippen molar-refractivity contribution in [1.82, 2.24) is 9.80 Å². The highest BCUT2D eigenvalue weighted by atomic mass is 19.4. The minimum absolute atomic E-state index is 0.162. The average Bonchev–Trinajstić information content (AvgIpc) is 2.91.